The number of hydrogen-bond acceptors (Lipinski definition) is 3. The van der Waals surface area contributed by atoms with Crippen molar-refractivity contribution in [3.8, 4) is 0 Å². The first-order chi connectivity index (χ1) is 13.0. The van der Waals surface area contributed by atoms with Gasteiger partial charge in [0.1, 0.15) is 11.7 Å². The molecule has 0 aromatic heterocycles. The van der Waals surface area contributed by atoms with E-state index < -0.39 is 11.9 Å². The van der Waals surface area contributed by atoms with Crippen LogP contribution in [-0.4, -0.2) is 22.8 Å². The van der Waals surface area contributed by atoms with Crippen molar-refractivity contribution in [1.29, 1.82) is 0 Å². The minimum absolute atomic E-state index is 0.323. The number of carbonyl (C=O) groups is 1. The van der Waals surface area contributed by atoms with Crippen LogP contribution in [0.5, 0.6) is 0 Å². The summed E-state index contributed by atoms with van der Waals surface area (Å²) in [4.78, 5) is 22.2. The van der Waals surface area contributed by atoms with Crippen LogP contribution in [0, 0.1) is 11.3 Å². The molecule has 0 bridgehead atoms. The predicted molar refractivity (Wildman–Crippen MR) is 113 cm³/mol. The standard InChI is InChI=1S/C24H40O4/c1-17(11-12-20-18(2)10-8-14-23(20,4)5)9-7-15-24(6)16-13-21(27-28-24)19(3)22(25)26/h9,19,21H,7-8,10-16H2,1-6H3,(H,25,26)/b17-9+/t19?,21-,24+/m1/s1. The van der Waals surface area contributed by atoms with Crippen molar-refractivity contribution in [3.05, 3.63) is 22.8 Å². The average molecular weight is 393 g/mol. The topological polar surface area (TPSA) is 55.8 Å². The van der Waals surface area contributed by atoms with E-state index in [0.29, 0.717) is 5.41 Å². The number of hydrogen-bond donors (Lipinski definition) is 1. The third-order valence-corrected chi connectivity index (χ3v) is 6.90. The molecule has 1 aliphatic carbocycles. The Balaban J connectivity index is 1.79. The molecule has 160 valence electrons. The van der Waals surface area contributed by atoms with E-state index in [2.05, 4.69) is 40.7 Å². The molecule has 1 fully saturated rings. The predicted octanol–water partition coefficient (Wildman–Crippen LogP) is 6.61. The van der Waals surface area contributed by atoms with Crippen molar-refractivity contribution < 1.29 is 19.7 Å². The molecule has 0 aromatic carbocycles. The number of allylic oxidation sites excluding steroid dienone is 4. The lowest BCUT2D eigenvalue weighted by Crippen LogP contribution is -2.41. The molecule has 2 rings (SSSR count). The highest BCUT2D eigenvalue weighted by atomic mass is 17.2. The third-order valence-electron chi connectivity index (χ3n) is 6.90. The lowest BCUT2D eigenvalue weighted by Gasteiger charge is -2.37. The molecular weight excluding hydrogens is 352 g/mol. The van der Waals surface area contributed by atoms with E-state index in [1.54, 1.807) is 18.1 Å². The smallest absolute Gasteiger partial charge is 0.308 e. The van der Waals surface area contributed by atoms with E-state index in [-0.39, 0.29) is 11.7 Å². The van der Waals surface area contributed by atoms with Gasteiger partial charge in [0.15, 0.2) is 0 Å². The molecule has 1 saturated heterocycles. The van der Waals surface area contributed by atoms with Crippen LogP contribution in [0.1, 0.15) is 99.3 Å². The van der Waals surface area contributed by atoms with Gasteiger partial charge >= 0.3 is 5.97 Å². The molecule has 28 heavy (non-hydrogen) atoms. The minimum atomic E-state index is -0.831. The van der Waals surface area contributed by atoms with Crippen molar-refractivity contribution in [3.63, 3.8) is 0 Å². The Labute approximate surface area is 171 Å². The fraction of sp³-hybridized carbons (Fsp3) is 0.792. The average Bonchev–Trinajstić information content (AvgIpc) is 2.60. The summed E-state index contributed by atoms with van der Waals surface area (Å²) < 4.78 is 0. The van der Waals surface area contributed by atoms with E-state index >= 15 is 0 Å². The van der Waals surface area contributed by atoms with Crippen LogP contribution >= 0.6 is 0 Å². The largest absolute Gasteiger partial charge is 0.481 e. The Hall–Kier alpha value is -1.13. The molecule has 4 nitrogen and oxygen atoms in total. The SMILES string of the molecule is CC1=C(CC/C(C)=C/CC[C@@]2(C)CC[C@H](C(C)C(=O)O)OO2)C(C)(C)CCC1. The monoisotopic (exact) mass is 392 g/mol. The molecule has 4 heteroatoms. The minimum Gasteiger partial charge on any atom is -0.481 e. The summed E-state index contributed by atoms with van der Waals surface area (Å²) in [6.45, 7) is 13.1. The molecule has 0 spiro atoms. The number of carboxylic acid groups (broad SMARTS) is 1. The van der Waals surface area contributed by atoms with Crippen molar-refractivity contribution in [2.45, 2.75) is 111 Å². The van der Waals surface area contributed by atoms with Gasteiger partial charge in [-0.3, -0.25) is 4.79 Å². The van der Waals surface area contributed by atoms with Crippen LogP contribution in [-0.2, 0) is 14.6 Å². The second-order valence-electron chi connectivity index (χ2n) is 9.92. The van der Waals surface area contributed by atoms with E-state index in [1.807, 2.05) is 0 Å². The Kier molecular flexibility index (Phi) is 7.92. The van der Waals surface area contributed by atoms with E-state index in [1.165, 1.54) is 31.3 Å². The first-order valence-electron chi connectivity index (χ1n) is 11.0. The molecule has 1 N–H and O–H groups in total. The maximum Gasteiger partial charge on any atom is 0.308 e. The first-order valence-corrected chi connectivity index (χ1v) is 11.0. The number of rotatable bonds is 8. The zero-order valence-corrected chi connectivity index (χ0v) is 18.8. The molecule has 1 unspecified atom stereocenters. The van der Waals surface area contributed by atoms with Gasteiger partial charge in [0.05, 0.1) is 5.92 Å². The summed E-state index contributed by atoms with van der Waals surface area (Å²) in [6.07, 6.45) is 11.6. The van der Waals surface area contributed by atoms with Crippen molar-refractivity contribution in [2.24, 2.45) is 11.3 Å². The van der Waals surface area contributed by atoms with Gasteiger partial charge in [-0.05, 0) is 90.9 Å². The van der Waals surface area contributed by atoms with E-state index in [4.69, 9.17) is 14.9 Å². The van der Waals surface area contributed by atoms with Crippen LogP contribution < -0.4 is 0 Å². The van der Waals surface area contributed by atoms with E-state index in [9.17, 15) is 4.79 Å². The van der Waals surface area contributed by atoms with Crippen molar-refractivity contribution in [2.75, 3.05) is 0 Å². The van der Waals surface area contributed by atoms with Gasteiger partial charge in [0.2, 0.25) is 0 Å². The lowest BCUT2D eigenvalue weighted by molar-refractivity contribution is -0.411. The van der Waals surface area contributed by atoms with E-state index in [0.717, 1.165) is 32.1 Å². The molecule has 1 aliphatic heterocycles. The van der Waals surface area contributed by atoms with Crippen molar-refractivity contribution in [1.82, 2.24) is 0 Å². The Morgan fingerprint density at radius 2 is 2.04 bits per heavy atom. The lowest BCUT2D eigenvalue weighted by atomic mass is 9.71. The zero-order valence-electron chi connectivity index (χ0n) is 18.8. The fourth-order valence-electron chi connectivity index (χ4n) is 4.65. The second kappa shape index (κ2) is 9.58. The highest BCUT2D eigenvalue weighted by molar-refractivity contribution is 5.70. The van der Waals surface area contributed by atoms with Gasteiger partial charge in [-0.1, -0.05) is 36.6 Å². The summed E-state index contributed by atoms with van der Waals surface area (Å²) >= 11 is 0. The van der Waals surface area contributed by atoms with Gasteiger partial charge in [0, 0.05) is 0 Å². The van der Waals surface area contributed by atoms with Gasteiger partial charge in [-0.2, -0.15) is 0 Å². The quantitative estimate of drug-likeness (QED) is 0.373. The molecule has 0 aromatic rings. The van der Waals surface area contributed by atoms with Crippen LogP contribution in [0.3, 0.4) is 0 Å². The fourth-order valence-corrected chi connectivity index (χ4v) is 4.65. The summed E-state index contributed by atoms with van der Waals surface area (Å²) in [5, 5.41) is 9.11. The first kappa shape index (κ1) is 23.2. The molecule has 3 atom stereocenters. The summed E-state index contributed by atoms with van der Waals surface area (Å²) in [6, 6.07) is 0. The zero-order chi connectivity index (χ0) is 20.9. The molecule has 0 amide bonds. The molecule has 1 heterocycles. The summed E-state index contributed by atoms with van der Waals surface area (Å²) in [5.41, 5.74) is 4.75. The number of carboxylic acids is 1. The Bertz CT molecular complexity index is 606. The van der Waals surface area contributed by atoms with Crippen LogP contribution in [0.2, 0.25) is 0 Å². The normalized spacial score (nSPS) is 29.6. The third kappa shape index (κ3) is 6.18. The summed E-state index contributed by atoms with van der Waals surface area (Å²) in [5.74, 6) is -1.37. The molecule has 0 radical (unpaired) electrons. The number of aliphatic carboxylic acids is 1. The summed E-state index contributed by atoms with van der Waals surface area (Å²) in [7, 11) is 0. The maximum absolute atomic E-state index is 11.1. The second-order valence-corrected chi connectivity index (χ2v) is 9.92. The van der Waals surface area contributed by atoms with Crippen LogP contribution in [0.15, 0.2) is 22.8 Å². The molecule has 2 aliphatic rings. The molecular formula is C24H40O4. The van der Waals surface area contributed by atoms with Crippen molar-refractivity contribution >= 4 is 5.97 Å². The highest BCUT2D eigenvalue weighted by Gasteiger charge is 2.37. The highest BCUT2D eigenvalue weighted by Crippen LogP contribution is 2.42. The Morgan fingerprint density at radius 3 is 2.61 bits per heavy atom. The Morgan fingerprint density at radius 1 is 1.32 bits per heavy atom. The van der Waals surface area contributed by atoms with Gasteiger partial charge in [-0.15, -0.1) is 0 Å². The molecule has 0 saturated carbocycles. The maximum atomic E-state index is 11.1. The van der Waals surface area contributed by atoms with Gasteiger partial charge in [0.25, 0.3) is 0 Å². The van der Waals surface area contributed by atoms with Gasteiger partial charge in [-0.25, -0.2) is 9.78 Å². The van der Waals surface area contributed by atoms with Gasteiger partial charge < -0.3 is 5.11 Å². The van der Waals surface area contributed by atoms with Crippen LogP contribution in [0.4, 0.5) is 0 Å². The van der Waals surface area contributed by atoms with Crippen LogP contribution in [0.25, 0.3) is 0 Å².